The minimum absolute atomic E-state index is 0.0549. The van der Waals surface area contributed by atoms with Gasteiger partial charge in [0.15, 0.2) is 5.69 Å². The summed E-state index contributed by atoms with van der Waals surface area (Å²) in [6, 6.07) is 1.55. The van der Waals surface area contributed by atoms with Crippen LogP contribution in [0.1, 0.15) is 26.5 Å². The average Bonchev–Trinajstić information content (AvgIpc) is 2.85. The van der Waals surface area contributed by atoms with Crippen LogP contribution >= 0.6 is 0 Å². The molecular formula is C11H12N4O3. The Labute approximate surface area is 102 Å². The van der Waals surface area contributed by atoms with E-state index in [1.54, 1.807) is 26.2 Å². The van der Waals surface area contributed by atoms with Gasteiger partial charge in [-0.2, -0.15) is 5.10 Å². The van der Waals surface area contributed by atoms with Crippen LogP contribution in [0.4, 0.5) is 5.69 Å². The number of rotatable bonds is 3. The number of nitrogens with one attached hydrogen (secondary N) is 2. The number of aromatic amines is 1. The van der Waals surface area contributed by atoms with E-state index in [9.17, 15) is 9.59 Å². The fourth-order valence-corrected chi connectivity index (χ4v) is 1.62. The highest BCUT2D eigenvalue weighted by atomic mass is 16.4. The van der Waals surface area contributed by atoms with Gasteiger partial charge < -0.3 is 15.4 Å². The smallest absolute Gasteiger partial charge is 0.339 e. The highest BCUT2D eigenvalue weighted by molar-refractivity contribution is 6.07. The summed E-state index contributed by atoms with van der Waals surface area (Å²) in [5.74, 6) is -1.54. The van der Waals surface area contributed by atoms with E-state index in [0.717, 1.165) is 0 Å². The summed E-state index contributed by atoms with van der Waals surface area (Å²) in [6.45, 7) is 1.62. The minimum atomic E-state index is -1.09. The van der Waals surface area contributed by atoms with Gasteiger partial charge in [0.25, 0.3) is 5.91 Å². The zero-order valence-corrected chi connectivity index (χ0v) is 9.89. The molecule has 0 unspecified atom stereocenters. The highest BCUT2D eigenvalue weighted by Crippen LogP contribution is 2.19. The average molecular weight is 248 g/mol. The Morgan fingerprint density at radius 3 is 2.78 bits per heavy atom. The first kappa shape index (κ1) is 11.9. The number of aromatic nitrogens is 3. The minimum Gasteiger partial charge on any atom is -0.478 e. The van der Waals surface area contributed by atoms with E-state index in [0.29, 0.717) is 5.69 Å². The van der Waals surface area contributed by atoms with Crippen molar-refractivity contribution in [3.8, 4) is 0 Å². The Morgan fingerprint density at radius 2 is 2.22 bits per heavy atom. The summed E-state index contributed by atoms with van der Waals surface area (Å²) >= 11 is 0. The monoisotopic (exact) mass is 248 g/mol. The van der Waals surface area contributed by atoms with Crippen molar-refractivity contribution in [2.75, 3.05) is 5.32 Å². The molecule has 0 aliphatic carbocycles. The molecule has 18 heavy (non-hydrogen) atoms. The molecule has 0 spiro atoms. The van der Waals surface area contributed by atoms with Gasteiger partial charge in [-0.3, -0.25) is 9.48 Å². The molecule has 1 amide bonds. The van der Waals surface area contributed by atoms with Crippen molar-refractivity contribution in [3.63, 3.8) is 0 Å². The number of aromatic carboxylic acids is 1. The maximum atomic E-state index is 11.8. The zero-order valence-electron chi connectivity index (χ0n) is 9.89. The first-order valence-electron chi connectivity index (χ1n) is 5.21. The second kappa shape index (κ2) is 4.36. The number of carboxylic acids is 1. The van der Waals surface area contributed by atoms with Gasteiger partial charge in [-0.05, 0) is 13.0 Å². The second-order valence-electron chi connectivity index (χ2n) is 3.84. The lowest BCUT2D eigenvalue weighted by molar-refractivity contribution is 0.0697. The number of hydrogen-bond acceptors (Lipinski definition) is 3. The number of hydrogen-bond donors (Lipinski definition) is 3. The van der Waals surface area contributed by atoms with E-state index in [4.69, 9.17) is 5.11 Å². The predicted octanol–water partition coefficient (Wildman–Crippen LogP) is 1.01. The fourth-order valence-electron chi connectivity index (χ4n) is 1.62. The Balaban J connectivity index is 2.25. The van der Waals surface area contributed by atoms with Gasteiger partial charge >= 0.3 is 5.97 Å². The van der Waals surface area contributed by atoms with E-state index in [2.05, 4.69) is 15.4 Å². The van der Waals surface area contributed by atoms with Crippen LogP contribution in [0.25, 0.3) is 0 Å². The molecule has 0 saturated carbocycles. The highest BCUT2D eigenvalue weighted by Gasteiger charge is 2.18. The molecule has 0 radical (unpaired) electrons. The third kappa shape index (κ3) is 2.10. The summed E-state index contributed by atoms with van der Waals surface area (Å²) in [5, 5.41) is 15.5. The van der Waals surface area contributed by atoms with Crippen LogP contribution in [0.3, 0.4) is 0 Å². The van der Waals surface area contributed by atoms with Gasteiger partial charge in [0.05, 0.1) is 5.69 Å². The standard InChI is InChI=1S/C11H12N4O3/c1-6-9(11(17)18)8(5-12-6)13-10(16)7-3-4-15(2)14-7/h3-5,12H,1-2H3,(H,13,16)(H,17,18). The normalized spacial score (nSPS) is 10.3. The molecule has 0 fully saturated rings. The quantitative estimate of drug-likeness (QED) is 0.754. The van der Waals surface area contributed by atoms with Crippen LogP contribution in [0.15, 0.2) is 18.5 Å². The molecule has 7 heteroatoms. The molecule has 0 aliphatic heterocycles. The van der Waals surface area contributed by atoms with Crippen LogP contribution in [-0.2, 0) is 7.05 Å². The van der Waals surface area contributed by atoms with Gasteiger partial charge in [0.2, 0.25) is 0 Å². The number of carbonyl (C=O) groups is 2. The summed E-state index contributed by atoms with van der Waals surface area (Å²) in [4.78, 5) is 25.6. The van der Waals surface area contributed by atoms with Gasteiger partial charge in [-0.25, -0.2) is 4.79 Å². The lowest BCUT2D eigenvalue weighted by Gasteiger charge is -2.02. The Hall–Kier alpha value is -2.57. The number of nitrogens with zero attached hydrogens (tertiary/aromatic N) is 2. The molecule has 0 atom stereocenters. The molecule has 0 aromatic carbocycles. The first-order chi connectivity index (χ1) is 8.49. The van der Waals surface area contributed by atoms with Crippen molar-refractivity contribution in [1.82, 2.24) is 14.8 Å². The second-order valence-corrected chi connectivity index (χ2v) is 3.84. The lowest BCUT2D eigenvalue weighted by Crippen LogP contribution is -2.15. The maximum absolute atomic E-state index is 11.8. The zero-order chi connectivity index (χ0) is 13.3. The van der Waals surface area contributed by atoms with Gasteiger partial charge in [0.1, 0.15) is 5.56 Å². The van der Waals surface area contributed by atoms with Crippen LogP contribution in [0, 0.1) is 6.92 Å². The van der Waals surface area contributed by atoms with Crippen molar-refractivity contribution < 1.29 is 14.7 Å². The van der Waals surface area contributed by atoms with Crippen molar-refractivity contribution in [3.05, 3.63) is 35.4 Å². The molecule has 2 aromatic rings. The molecule has 7 nitrogen and oxygen atoms in total. The van der Waals surface area contributed by atoms with Crippen LogP contribution < -0.4 is 5.32 Å². The third-order valence-electron chi connectivity index (χ3n) is 2.49. The van der Waals surface area contributed by atoms with Gasteiger partial charge in [0, 0.05) is 25.1 Å². The molecule has 0 bridgehead atoms. The van der Waals surface area contributed by atoms with Crippen LogP contribution in [0.2, 0.25) is 0 Å². The molecule has 2 aromatic heterocycles. The van der Waals surface area contributed by atoms with E-state index < -0.39 is 11.9 Å². The number of carbonyl (C=O) groups excluding carboxylic acids is 1. The molecule has 0 saturated heterocycles. The fraction of sp³-hybridized carbons (Fsp3) is 0.182. The summed E-state index contributed by atoms with van der Waals surface area (Å²) in [6.07, 6.45) is 3.08. The lowest BCUT2D eigenvalue weighted by atomic mass is 10.2. The van der Waals surface area contributed by atoms with E-state index >= 15 is 0 Å². The summed E-state index contributed by atoms with van der Waals surface area (Å²) in [7, 11) is 1.69. The number of carboxylic acid groups (broad SMARTS) is 1. The molecule has 3 N–H and O–H groups in total. The maximum Gasteiger partial charge on any atom is 0.339 e. The van der Waals surface area contributed by atoms with Crippen LogP contribution in [0.5, 0.6) is 0 Å². The number of H-pyrrole nitrogens is 1. The number of aryl methyl sites for hydroxylation is 2. The Bertz CT molecular complexity index is 612. The van der Waals surface area contributed by atoms with Crippen molar-refractivity contribution >= 4 is 17.6 Å². The Kier molecular flexibility index (Phi) is 2.88. The summed E-state index contributed by atoms with van der Waals surface area (Å²) < 4.78 is 1.50. The first-order valence-corrected chi connectivity index (χ1v) is 5.21. The number of anilines is 1. The Morgan fingerprint density at radius 1 is 1.50 bits per heavy atom. The third-order valence-corrected chi connectivity index (χ3v) is 2.49. The molecule has 94 valence electrons. The molecule has 0 aliphatic rings. The van der Waals surface area contributed by atoms with E-state index in [1.165, 1.54) is 10.9 Å². The van der Waals surface area contributed by atoms with Crippen molar-refractivity contribution in [1.29, 1.82) is 0 Å². The molecule has 2 rings (SSSR count). The van der Waals surface area contributed by atoms with Gasteiger partial charge in [-0.1, -0.05) is 0 Å². The summed E-state index contributed by atoms with van der Waals surface area (Å²) in [5.41, 5.74) is 1.00. The largest absolute Gasteiger partial charge is 0.478 e. The topological polar surface area (TPSA) is 100 Å². The van der Waals surface area contributed by atoms with Crippen molar-refractivity contribution in [2.45, 2.75) is 6.92 Å². The number of amides is 1. The van der Waals surface area contributed by atoms with E-state index in [-0.39, 0.29) is 16.9 Å². The molecule has 2 heterocycles. The predicted molar refractivity (Wildman–Crippen MR) is 63.7 cm³/mol. The van der Waals surface area contributed by atoms with E-state index in [1.807, 2.05) is 0 Å². The van der Waals surface area contributed by atoms with Crippen LogP contribution in [-0.4, -0.2) is 31.7 Å². The molecular weight excluding hydrogens is 236 g/mol. The SMILES string of the molecule is Cc1[nH]cc(NC(=O)c2ccn(C)n2)c1C(=O)O. The van der Waals surface area contributed by atoms with Gasteiger partial charge in [-0.15, -0.1) is 0 Å². The van der Waals surface area contributed by atoms with Crippen molar-refractivity contribution in [2.24, 2.45) is 7.05 Å².